The third kappa shape index (κ3) is 4.41. The maximum absolute atomic E-state index is 13.2. The number of nitrogens with zero attached hydrogens (tertiary/aromatic N) is 3. The van der Waals surface area contributed by atoms with Crippen LogP contribution in [-0.4, -0.2) is 42.0 Å². The number of hydrogen-bond donors (Lipinski definition) is 0. The standard InChI is InChI=1S/C21H22FN3O2/c1-24(2)20(16-9-11-17(22)12-10-16)21(26)25(3)14-18-13-19(23-27-18)15-7-5-4-6-8-15/h4-13,20H,14H2,1-3H3/t20-/m0/s1. The minimum atomic E-state index is -0.507. The minimum Gasteiger partial charge on any atom is -0.359 e. The fraction of sp³-hybridized carbons (Fsp3) is 0.238. The van der Waals surface area contributed by atoms with Crippen molar-refractivity contribution >= 4 is 5.91 Å². The maximum atomic E-state index is 13.2. The first-order chi connectivity index (χ1) is 13.0. The molecule has 0 unspecified atom stereocenters. The highest BCUT2D eigenvalue weighted by Crippen LogP contribution is 2.23. The molecule has 1 heterocycles. The van der Waals surface area contributed by atoms with Crippen molar-refractivity contribution in [1.82, 2.24) is 15.0 Å². The van der Waals surface area contributed by atoms with Crippen LogP contribution in [0, 0.1) is 5.82 Å². The van der Waals surface area contributed by atoms with E-state index in [-0.39, 0.29) is 11.7 Å². The van der Waals surface area contributed by atoms with Gasteiger partial charge in [-0.05, 0) is 31.8 Å². The van der Waals surface area contributed by atoms with E-state index in [9.17, 15) is 9.18 Å². The molecule has 1 atom stereocenters. The molecule has 0 bridgehead atoms. The molecule has 0 saturated heterocycles. The lowest BCUT2D eigenvalue weighted by molar-refractivity contribution is -0.135. The Labute approximate surface area is 158 Å². The van der Waals surface area contributed by atoms with Crippen LogP contribution in [0.25, 0.3) is 11.3 Å². The Morgan fingerprint density at radius 1 is 1.07 bits per heavy atom. The first-order valence-electron chi connectivity index (χ1n) is 8.63. The molecule has 0 aliphatic heterocycles. The molecule has 140 valence electrons. The molecule has 5 nitrogen and oxygen atoms in total. The van der Waals surface area contributed by atoms with Gasteiger partial charge in [-0.3, -0.25) is 9.69 Å². The summed E-state index contributed by atoms with van der Waals surface area (Å²) in [4.78, 5) is 16.4. The topological polar surface area (TPSA) is 49.6 Å². The summed E-state index contributed by atoms with van der Waals surface area (Å²) in [7, 11) is 5.36. The SMILES string of the molecule is CN(Cc1cc(-c2ccccc2)no1)C(=O)[C@H](c1ccc(F)cc1)N(C)C. The van der Waals surface area contributed by atoms with E-state index >= 15 is 0 Å². The molecule has 6 heteroatoms. The van der Waals surface area contributed by atoms with Gasteiger partial charge in [-0.2, -0.15) is 0 Å². The van der Waals surface area contributed by atoms with Gasteiger partial charge in [0.05, 0.1) is 6.54 Å². The van der Waals surface area contributed by atoms with Crippen LogP contribution in [0.15, 0.2) is 65.2 Å². The normalized spacial score (nSPS) is 12.2. The predicted octanol–water partition coefficient (Wildman–Crippen LogP) is 3.74. The Morgan fingerprint density at radius 2 is 1.74 bits per heavy atom. The summed E-state index contributed by atoms with van der Waals surface area (Å²) in [5, 5.41) is 4.08. The molecule has 0 aliphatic rings. The Balaban J connectivity index is 1.74. The highest BCUT2D eigenvalue weighted by atomic mass is 19.1. The molecule has 0 spiro atoms. The van der Waals surface area contributed by atoms with Crippen molar-refractivity contribution in [2.75, 3.05) is 21.1 Å². The molecule has 27 heavy (non-hydrogen) atoms. The first kappa shape index (κ1) is 18.8. The Kier molecular flexibility index (Phi) is 5.66. The van der Waals surface area contributed by atoms with Gasteiger partial charge < -0.3 is 9.42 Å². The van der Waals surface area contributed by atoms with Crippen LogP contribution in [0.4, 0.5) is 4.39 Å². The number of hydrogen-bond acceptors (Lipinski definition) is 4. The number of halogens is 1. The van der Waals surface area contributed by atoms with Gasteiger partial charge in [-0.25, -0.2) is 4.39 Å². The zero-order valence-corrected chi connectivity index (χ0v) is 15.6. The molecule has 3 rings (SSSR count). The number of carbonyl (C=O) groups is 1. The van der Waals surface area contributed by atoms with Gasteiger partial charge in [0.2, 0.25) is 5.91 Å². The molecule has 0 radical (unpaired) electrons. The lowest BCUT2D eigenvalue weighted by Gasteiger charge is -2.28. The quantitative estimate of drug-likeness (QED) is 0.666. The molecular formula is C21H22FN3O2. The second-order valence-corrected chi connectivity index (χ2v) is 6.66. The maximum Gasteiger partial charge on any atom is 0.244 e. The van der Waals surface area contributed by atoms with Crippen molar-refractivity contribution in [3.8, 4) is 11.3 Å². The minimum absolute atomic E-state index is 0.107. The number of aromatic nitrogens is 1. The average molecular weight is 367 g/mol. The summed E-state index contributed by atoms with van der Waals surface area (Å²) in [5.41, 5.74) is 2.42. The molecular weight excluding hydrogens is 345 g/mol. The van der Waals surface area contributed by atoms with E-state index in [2.05, 4.69) is 5.16 Å². The summed E-state index contributed by atoms with van der Waals surface area (Å²) in [6, 6.07) is 17.0. The molecule has 0 aliphatic carbocycles. The molecule has 0 fully saturated rings. The number of carbonyl (C=O) groups excluding carboxylic acids is 1. The van der Waals surface area contributed by atoms with Crippen LogP contribution in [0.1, 0.15) is 17.4 Å². The zero-order chi connectivity index (χ0) is 19.4. The van der Waals surface area contributed by atoms with E-state index in [4.69, 9.17) is 4.52 Å². The van der Waals surface area contributed by atoms with Gasteiger partial charge in [-0.1, -0.05) is 47.6 Å². The van der Waals surface area contributed by atoms with Gasteiger partial charge in [0.15, 0.2) is 5.76 Å². The lowest BCUT2D eigenvalue weighted by atomic mass is 10.0. The van der Waals surface area contributed by atoms with Gasteiger partial charge >= 0.3 is 0 Å². The molecule has 1 aromatic heterocycles. The summed E-state index contributed by atoms with van der Waals surface area (Å²) >= 11 is 0. The van der Waals surface area contributed by atoms with Crippen molar-refractivity contribution in [1.29, 1.82) is 0 Å². The highest BCUT2D eigenvalue weighted by Gasteiger charge is 2.26. The largest absolute Gasteiger partial charge is 0.359 e. The van der Waals surface area contributed by atoms with Crippen LogP contribution < -0.4 is 0 Å². The van der Waals surface area contributed by atoms with Crippen molar-refractivity contribution in [2.45, 2.75) is 12.6 Å². The van der Waals surface area contributed by atoms with E-state index < -0.39 is 6.04 Å². The molecule has 1 amide bonds. The van der Waals surface area contributed by atoms with Crippen molar-refractivity contribution in [3.63, 3.8) is 0 Å². The second-order valence-electron chi connectivity index (χ2n) is 6.66. The third-order valence-corrected chi connectivity index (χ3v) is 4.33. The molecule has 2 aromatic carbocycles. The fourth-order valence-corrected chi connectivity index (χ4v) is 2.96. The van der Waals surface area contributed by atoms with E-state index in [1.807, 2.05) is 55.4 Å². The Bertz CT molecular complexity index is 891. The Morgan fingerprint density at radius 3 is 2.37 bits per heavy atom. The lowest BCUT2D eigenvalue weighted by Crippen LogP contribution is -2.38. The smallest absolute Gasteiger partial charge is 0.244 e. The number of rotatable bonds is 6. The van der Waals surface area contributed by atoms with E-state index in [0.29, 0.717) is 12.3 Å². The van der Waals surface area contributed by atoms with Crippen LogP contribution in [-0.2, 0) is 11.3 Å². The summed E-state index contributed by atoms with van der Waals surface area (Å²) in [5.74, 6) is 0.165. The molecule has 0 N–H and O–H groups in total. The number of amides is 1. The first-order valence-corrected chi connectivity index (χ1v) is 8.63. The Hall–Kier alpha value is -2.99. The second kappa shape index (κ2) is 8.14. The summed E-state index contributed by atoms with van der Waals surface area (Å²) < 4.78 is 18.6. The van der Waals surface area contributed by atoms with Crippen LogP contribution in [0.5, 0.6) is 0 Å². The van der Waals surface area contributed by atoms with Crippen LogP contribution in [0.3, 0.4) is 0 Å². The third-order valence-electron chi connectivity index (χ3n) is 4.33. The van der Waals surface area contributed by atoms with E-state index in [1.165, 1.54) is 12.1 Å². The van der Waals surface area contributed by atoms with E-state index in [0.717, 1.165) is 16.8 Å². The van der Waals surface area contributed by atoms with Gasteiger partial charge in [-0.15, -0.1) is 0 Å². The average Bonchev–Trinajstić information content (AvgIpc) is 3.12. The fourth-order valence-electron chi connectivity index (χ4n) is 2.96. The van der Waals surface area contributed by atoms with Crippen molar-refractivity contribution in [3.05, 3.63) is 77.8 Å². The van der Waals surface area contributed by atoms with Gasteiger partial charge in [0, 0.05) is 18.7 Å². The molecule has 3 aromatic rings. The van der Waals surface area contributed by atoms with E-state index in [1.54, 1.807) is 24.1 Å². The van der Waals surface area contributed by atoms with Crippen LogP contribution >= 0.6 is 0 Å². The van der Waals surface area contributed by atoms with Crippen molar-refractivity contribution < 1.29 is 13.7 Å². The predicted molar refractivity (Wildman–Crippen MR) is 101 cm³/mol. The molecule has 0 saturated carbocycles. The highest BCUT2D eigenvalue weighted by molar-refractivity contribution is 5.83. The zero-order valence-electron chi connectivity index (χ0n) is 15.6. The number of benzene rings is 2. The monoisotopic (exact) mass is 367 g/mol. The van der Waals surface area contributed by atoms with Gasteiger partial charge in [0.25, 0.3) is 0 Å². The van der Waals surface area contributed by atoms with Gasteiger partial charge in [0.1, 0.15) is 17.6 Å². The summed E-state index contributed by atoms with van der Waals surface area (Å²) in [6.45, 7) is 0.296. The van der Waals surface area contributed by atoms with Crippen molar-refractivity contribution in [2.24, 2.45) is 0 Å². The van der Waals surface area contributed by atoms with Crippen LogP contribution in [0.2, 0.25) is 0 Å². The summed E-state index contributed by atoms with van der Waals surface area (Å²) in [6.07, 6.45) is 0. The number of likely N-dealkylation sites (N-methyl/N-ethyl adjacent to an activating group) is 2.